The number of ether oxygens (including phenoxy) is 2. The number of hydrogen-bond acceptors (Lipinski definition) is 6. The first kappa shape index (κ1) is 19.2. The van der Waals surface area contributed by atoms with Gasteiger partial charge in [-0.05, 0) is 30.5 Å². The summed E-state index contributed by atoms with van der Waals surface area (Å²) in [6, 6.07) is 3.89. The first-order valence-electron chi connectivity index (χ1n) is 7.70. The molecule has 25 heavy (non-hydrogen) atoms. The number of nitrogens with zero attached hydrogens (tertiary/aromatic N) is 1. The molecule has 1 fully saturated rings. The molecular weight excluding hydrogens is 350 g/mol. The molecule has 0 aromatic heterocycles. The number of aliphatic carboxylic acids is 1. The molecular formula is C16H21NO7S. The van der Waals surface area contributed by atoms with E-state index in [0.717, 1.165) is 4.31 Å². The topological polar surface area (TPSA) is 110 Å². The molecule has 0 amide bonds. The van der Waals surface area contributed by atoms with Crippen molar-refractivity contribution in [3.05, 3.63) is 23.8 Å². The molecule has 9 heteroatoms. The summed E-state index contributed by atoms with van der Waals surface area (Å²) in [5.74, 6) is -2.37. The van der Waals surface area contributed by atoms with Crippen LogP contribution in [0.1, 0.15) is 23.7 Å². The minimum absolute atomic E-state index is 0.00841. The summed E-state index contributed by atoms with van der Waals surface area (Å²) in [6.45, 7) is 1.94. The normalized spacial score (nSPS) is 21.6. The van der Waals surface area contributed by atoms with Crippen LogP contribution in [0.5, 0.6) is 5.75 Å². The zero-order valence-electron chi connectivity index (χ0n) is 14.3. The van der Waals surface area contributed by atoms with Gasteiger partial charge in [0.05, 0.1) is 25.0 Å². The monoisotopic (exact) mass is 371 g/mol. The van der Waals surface area contributed by atoms with Gasteiger partial charge in [-0.1, -0.05) is 6.92 Å². The summed E-state index contributed by atoms with van der Waals surface area (Å²) in [7, 11) is -1.40. The van der Waals surface area contributed by atoms with Crippen LogP contribution in [0.4, 0.5) is 0 Å². The molecule has 2 atom stereocenters. The fraction of sp³-hybridized carbons (Fsp3) is 0.500. The number of rotatable bonds is 5. The molecule has 1 aromatic rings. The highest BCUT2D eigenvalue weighted by atomic mass is 32.2. The number of methoxy groups -OCH3 is 2. The summed E-state index contributed by atoms with van der Waals surface area (Å²) in [5.41, 5.74) is -0.00841. The Labute approximate surface area is 146 Å². The second-order valence-corrected chi connectivity index (χ2v) is 7.99. The van der Waals surface area contributed by atoms with Gasteiger partial charge in [0, 0.05) is 13.1 Å². The van der Waals surface area contributed by atoms with Crippen molar-refractivity contribution in [1.29, 1.82) is 0 Å². The van der Waals surface area contributed by atoms with Crippen LogP contribution >= 0.6 is 0 Å². The highest BCUT2D eigenvalue weighted by molar-refractivity contribution is 7.89. The number of carbonyl (C=O) groups excluding carboxylic acids is 1. The van der Waals surface area contributed by atoms with Crippen molar-refractivity contribution in [2.75, 3.05) is 27.3 Å². The first-order chi connectivity index (χ1) is 11.7. The predicted molar refractivity (Wildman–Crippen MR) is 88.0 cm³/mol. The molecule has 1 saturated heterocycles. The molecule has 0 bridgehead atoms. The van der Waals surface area contributed by atoms with Crippen LogP contribution < -0.4 is 4.74 Å². The predicted octanol–water partition coefficient (Wildman–Crippen LogP) is 1.21. The molecule has 1 aromatic carbocycles. The van der Waals surface area contributed by atoms with Gasteiger partial charge in [-0.15, -0.1) is 0 Å². The average molecular weight is 371 g/mol. The van der Waals surface area contributed by atoms with E-state index in [1.165, 1.54) is 32.4 Å². The lowest BCUT2D eigenvalue weighted by Gasteiger charge is -2.33. The standard InChI is InChI=1S/C16H21NO7S/c1-10-6-11(15(18)19)9-17(8-10)25(21,22)12-4-5-14(23-2)13(7-12)16(20)24-3/h4-5,7,10-11H,6,8-9H2,1-3H3,(H,18,19). The van der Waals surface area contributed by atoms with E-state index in [9.17, 15) is 23.1 Å². The van der Waals surface area contributed by atoms with Crippen LogP contribution in [-0.2, 0) is 19.6 Å². The van der Waals surface area contributed by atoms with Gasteiger partial charge in [0.1, 0.15) is 11.3 Å². The van der Waals surface area contributed by atoms with Crippen molar-refractivity contribution in [3.8, 4) is 5.75 Å². The number of esters is 1. The summed E-state index contributed by atoms with van der Waals surface area (Å²) >= 11 is 0. The highest BCUT2D eigenvalue weighted by Gasteiger charge is 2.36. The number of hydrogen-bond donors (Lipinski definition) is 1. The summed E-state index contributed by atoms with van der Waals surface area (Å²) in [5, 5.41) is 9.23. The SMILES string of the molecule is COC(=O)c1cc(S(=O)(=O)N2CC(C)CC(C(=O)O)C2)ccc1OC. The number of carboxylic acids is 1. The maximum Gasteiger partial charge on any atom is 0.341 e. The van der Waals surface area contributed by atoms with Crippen molar-refractivity contribution in [1.82, 2.24) is 4.31 Å². The Morgan fingerprint density at radius 3 is 2.48 bits per heavy atom. The van der Waals surface area contributed by atoms with E-state index in [1.807, 2.05) is 6.92 Å². The van der Waals surface area contributed by atoms with Crippen molar-refractivity contribution in [2.45, 2.75) is 18.2 Å². The smallest absolute Gasteiger partial charge is 0.341 e. The molecule has 138 valence electrons. The zero-order valence-corrected chi connectivity index (χ0v) is 15.1. The summed E-state index contributed by atoms with van der Waals surface area (Å²) in [6.07, 6.45) is 0.428. The molecule has 1 aliphatic heterocycles. The van der Waals surface area contributed by atoms with Crippen LogP contribution in [0.25, 0.3) is 0 Å². The van der Waals surface area contributed by atoms with Crippen LogP contribution in [0.2, 0.25) is 0 Å². The molecule has 2 rings (SSSR count). The van der Waals surface area contributed by atoms with Crippen molar-refractivity contribution in [2.24, 2.45) is 11.8 Å². The van der Waals surface area contributed by atoms with E-state index in [0.29, 0.717) is 6.42 Å². The Balaban J connectivity index is 2.42. The molecule has 0 radical (unpaired) electrons. The molecule has 1 N–H and O–H groups in total. The lowest BCUT2D eigenvalue weighted by Crippen LogP contribution is -2.45. The Morgan fingerprint density at radius 2 is 1.92 bits per heavy atom. The van der Waals surface area contributed by atoms with Crippen LogP contribution in [0, 0.1) is 11.8 Å². The van der Waals surface area contributed by atoms with E-state index in [4.69, 9.17) is 4.74 Å². The largest absolute Gasteiger partial charge is 0.496 e. The maximum absolute atomic E-state index is 12.9. The number of carboxylic acid groups (broad SMARTS) is 1. The van der Waals surface area contributed by atoms with Gasteiger partial charge in [-0.2, -0.15) is 4.31 Å². The molecule has 0 aliphatic carbocycles. The third kappa shape index (κ3) is 3.93. The highest BCUT2D eigenvalue weighted by Crippen LogP contribution is 2.29. The van der Waals surface area contributed by atoms with Crippen molar-refractivity contribution in [3.63, 3.8) is 0 Å². The van der Waals surface area contributed by atoms with E-state index >= 15 is 0 Å². The molecule has 1 heterocycles. The van der Waals surface area contributed by atoms with Crippen LogP contribution in [0.15, 0.2) is 23.1 Å². The Hall–Kier alpha value is -2.13. The molecule has 0 saturated carbocycles. The quantitative estimate of drug-likeness (QED) is 0.775. The minimum atomic E-state index is -3.94. The van der Waals surface area contributed by atoms with Gasteiger partial charge < -0.3 is 14.6 Å². The van der Waals surface area contributed by atoms with Crippen LogP contribution in [0.3, 0.4) is 0 Å². The number of piperidine rings is 1. The Morgan fingerprint density at radius 1 is 1.24 bits per heavy atom. The maximum atomic E-state index is 12.9. The zero-order chi connectivity index (χ0) is 18.8. The van der Waals surface area contributed by atoms with E-state index < -0.39 is 27.9 Å². The number of benzene rings is 1. The van der Waals surface area contributed by atoms with Crippen molar-refractivity contribution >= 4 is 22.0 Å². The number of carbonyl (C=O) groups is 2. The Kier molecular flexibility index (Phi) is 5.69. The lowest BCUT2D eigenvalue weighted by molar-refractivity contribution is -0.143. The molecule has 1 aliphatic rings. The molecule has 0 spiro atoms. The minimum Gasteiger partial charge on any atom is -0.496 e. The number of sulfonamides is 1. The second-order valence-electron chi connectivity index (χ2n) is 6.05. The fourth-order valence-corrected chi connectivity index (χ4v) is 4.58. The Bertz CT molecular complexity index is 775. The summed E-state index contributed by atoms with van der Waals surface area (Å²) in [4.78, 5) is 23.0. The van der Waals surface area contributed by atoms with Gasteiger partial charge in [0.25, 0.3) is 0 Å². The van der Waals surface area contributed by atoms with Gasteiger partial charge in [-0.3, -0.25) is 4.79 Å². The molecule has 8 nitrogen and oxygen atoms in total. The van der Waals surface area contributed by atoms with E-state index in [2.05, 4.69) is 4.74 Å². The third-order valence-electron chi connectivity index (χ3n) is 4.19. The molecule has 2 unspecified atom stereocenters. The van der Waals surface area contributed by atoms with E-state index in [-0.39, 0.29) is 35.2 Å². The third-order valence-corrected chi connectivity index (χ3v) is 6.02. The fourth-order valence-electron chi connectivity index (χ4n) is 2.94. The van der Waals surface area contributed by atoms with Crippen LogP contribution in [-0.4, -0.2) is 57.1 Å². The van der Waals surface area contributed by atoms with E-state index in [1.54, 1.807) is 0 Å². The second kappa shape index (κ2) is 7.40. The van der Waals surface area contributed by atoms with Gasteiger partial charge in [-0.25, -0.2) is 13.2 Å². The average Bonchev–Trinajstić information content (AvgIpc) is 2.59. The van der Waals surface area contributed by atoms with Crippen molar-refractivity contribution < 1.29 is 32.6 Å². The lowest BCUT2D eigenvalue weighted by atomic mass is 9.92. The van der Waals surface area contributed by atoms with Gasteiger partial charge in [0.15, 0.2) is 0 Å². The summed E-state index contributed by atoms with van der Waals surface area (Å²) < 4.78 is 36.7. The first-order valence-corrected chi connectivity index (χ1v) is 9.14. The van der Waals surface area contributed by atoms with Gasteiger partial charge >= 0.3 is 11.9 Å². The van der Waals surface area contributed by atoms with Gasteiger partial charge in [0.2, 0.25) is 10.0 Å².